The van der Waals surface area contributed by atoms with Crippen molar-refractivity contribution in [1.82, 2.24) is 9.78 Å². The van der Waals surface area contributed by atoms with Gasteiger partial charge >= 0.3 is 0 Å². The van der Waals surface area contributed by atoms with Gasteiger partial charge in [-0.2, -0.15) is 10.4 Å². The van der Waals surface area contributed by atoms with Crippen molar-refractivity contribution in [3.05, 3.63) is 18.0 Å². The largest absolute Gasteiger partial charge is 0.390 e. The molecule has 4 aliphatic carbocycles. The Morgan fingerprint density at radius 2 is 1.94 bits per heavy atom. The topological polar surface area (TPSA) is 78.9 Å². The summed E-state index contributed by atoms with van der Waals surface area (Å²) in [6.45, 7) is 6.37. The lowest BCUT2D eigenvalue weighted by molar-refractivity contribution is -0.135. The summed E-state index contributed by atoms with van der Waals surface area (Å²) in [4.78, 5) is 13.6. The third kappa shape index (κ3) is 3.37. The maximum Gasteiger partial charge on any atom is 0.160 e. The van der Waals surface area contributed by atoms with Gasteiger partial charge in [-0.15, -0.1) is 0 Å². The highest BCUT2D eigenvalue weighted by Crippen LogP contribution is 2.65. The molecule has 9 atom stereocenters. The first-order valence-corrected chi connectivity index (χ1v) is 12.4. The average Bonchev–Trinajstić information content (AvgIpc) is 3.35. The first-order valence-electron chi connectivity index (χ1n) is 12.4. The lowest BCUT2D eigenvalue weighted by Crippen LogP contribution is -2.51. The lowest BCUT2D eigenvalue weighted by Gasteiger charge is -2.57. The van der Waals surface area contributed by atoms with Crippen LogP contribution in [0, 0.1) is 52.3 Å². The number of carbonyl (C=O) groups is 1. The Morgan fingerprint density at radius 3 is 2.68 bits per heavy atom. The van der Waals surface area contributed by atoms with Gasteiger partial charge in [-0.3, -0.25) is 9.48 Å². The third-order valence-electron chi connectivity index (χ3n) is 10.1. The Morgan fingerprint density at radius 1 is 1.16 bits per heavy atom. The zero-order chi connectivity index (χ0) is 22.0. The molecule has 0 spiro atoms. The van der Waals surface area contributed by atoms with Gasteiger partial charge in [0.15, 0.2) is 5.78 Å². The predicted octanol–water partition coefficient (Wildman–Crippen LogP) is 4.90. The zero-order valence-corrected chi connectivity index (χ0v) is 19.3. The second-order valence-corrected chi connectivity index (χ2v) is 11.7. The number of carbonyl (C=O) groups excluding carboxylic acids is 1. The molecule has 0 radical (unpaired) electrons. The van der Waals surface area contributed by atoms with E-state index in [9.17, 15) is 9.90 Å². The van der Waals surface area contributed by atoms with E-state index >= 15 is 0 Å². The van der Waals surface area contributed by atoms with Crippen LogP contribution in [0.1, 0.15) is 90.2 Å². The summed E-state index contributed by atoms with van der Waals surface area (Å²) in [5.41, 5.74) is 0.153. The van der Waals surface area contributed by atoms with Gasteiger partial charge in [0.2, 0.25) is 0 Å². The van der Waals surface area contributed by atoms with Crippen molar-refractivity contribution < 1.29 is 9.90 Å². The molecular formula is C26H37N3O2. The number of nitrogens with zero attached hydrogens (tertiary/aromatic N) is 3. The highest BCUT2D eigenvalue weighted by atomic mass is 16.3. The average molecular weight is 424 g/mol. The van der Waals surface area contributed by atoms with Gasteiger partial charge in [0.05, 0.1) is 17.4 Å². The standard InChI is InChI=1S/C26H37N3O2/c1-16(29-15-17(13-27)14-28-29)24(30)23-7-6-22-21-5-4-18-12-25(2,31)10-8-19(18)20(21)9-11-26(22,23)3/h14-16,18-23,31H,4-12H2,1-3H3/t16-,18-,19-,20+,21+,22-,23+,25+,26-/m0/s1. The molecule has 5 heteroatoms. The van der Waals surface area contributed by atoms with Crippen molar-refractivity contribution in [2.75, 3.05) is 0 Å². The van der Waals surface area contributed by atoms with Crippen molar-refractivity contribution in [3.63, 3.8) is 0 Å². The fourth-order valence-electron chi connectivity index (χ4n) is 8.58. The Kier molecular flexibility index (Phi) is 5.09. The minimum absolute atomic E-state index is 0.102. The molecule has 31 heavy (non-hydrogen) atoms. The molecule has 1 aromatic rings. The molecule has 1 heterocycles. The number of ketones is 1. The predicted molar refractivity (Wildman–Crippen MR) is 118 cm³/mol. The first kappa shape index (κ1) is 21.2. The van der Waals surface area contributed by atoms with E-state index in [2.05, 4.69) is 18.1 Å². The van der Waals surface area contributed by atoms with Crippen LogP contribution in [0.3, 0.4) is 0 Å². The van der Waals surface area contributed by atoms with E-state index in [1.807, 2.05) is 13.8 Å². The summed E-state index contributed by atoms with van der Waals surface area (Å²) in [6.07, 6.45) is 13.5. The number of fused-ring (bicyclic) bond motifs is 5. The minimum Gasteiger partial charge on any atom is -0.390 e. The van der Waals surface area contributed by atoms with Crippen LogP contribution >= 0.6 is 0 Å². The third-order valence-corrected chi connectivity index (χ3v) is 10.1. The van der Waals surface area contributed by atoms with Crippen LogP contribution in [-0.2, 0) is 4.79 Å². The molecule has 0 bridgehead atoms. The van der Waals surface area contributed by atoms with Gasteiger partial charge in [0.25, 0.3) is 0 Å². The van der Waals surface area contributed by atoms with Gasteiger partial charge in [-0.25, -0.2) is 0 Å². The smallest absolute Gasteiger partial charge is 0.160 e. The summed E-state index contributed by atoms with van der Waals surface area (Å²) >= 11 is 0. The number of rotatable bonds is 3. The molecule has 5 rings (SSSR count). The SMILES string of the molecule is C[C@@H](C(=O)[C@H]1CC[C@H]2[C@@H]3CC[C@H]4C[C@](C)(O)CC[C@@H]4[C@H]3CC[C@]12C)n1cc(C#N)cn1. The monoisotopic (exact) mass is 423 g/mol. The maximum absolute atomic E-state index is 13.6. The van der Waals surface area contributed by atoms with Gasteiger partial charge < -0.3 is 5.11 Å². The Bertz CT molecular complexity index is 899. The molecule has 1 N–H and O–H groups in total. The fourth-order valence-corrected chi connectivity index (χ4v) is 8.58. The van der Waals surface area contributed by atoms with E-state index in [0.717, 1.165) is 43.4 Å². The van der Waals surface area contributed by atoms with Crippen LogP contribution in [0.4, 0.5) is 0 Å². The number of aromatic nitrogens is 2. The van der Waals surface area contributed by atoms with E-state index in [0.29, 0.717) is 23.2 Å². The van der Waals surface area contributed by atoms with E-state index < -0.39 is 5.60 Å². The van der Waals surface area contributed by atoms with Crippen molar-refractivity contribution >= 4 is 5.78 Å². The highest BCUT2D eigenvalue weighted by Gasteiger charge is 2.59. The summed E-state index contributed by atoms with van der Waals surface area (Å²) < 4.78 is 1.68. The molecule has 4 saturated carbocycles. The van der Waals surface area contributed by atoms with E-state index in [1.165, 1.54) is 32.1 Å². The molecule has 0 aromatic carbocycles. The van der Waals surface area contributed by atoms with Crippen molar-refractivity contribution in [2.45, 2.75) is 90.2 Å². The maximum atomic E-state index is 13.6. The van der Waals surface area contributed by atoms with E-state index in [4.69, 9.17) is 5.26 Å². The highest BCUT2D eigenvalue weighted by molar-refractivity contribution is 5.85. The van der Waals surface area contributed by atoms with Crippen LogP contribution in [0.15, 0.2) is 12.4 Å². The number of Topliss-reactive ketones (excluding diaryl/α,β-unsaturated/α-hetero) is 1. The normalized spacial score (nSPS) is 45.1. The van der Waals surface area contributed by atoms with Crippen LogP contribution < -0.4 is 0 Å². The second-order valence-electron chi connectivity index (χ2n) is 11.7. The molecule has 0 aliphatic heterocycles. The van der Waals surface area contributed by atoms with Crippen molar-refractivity contribution in [3.8, 4) is 6.07 Å². The Labute approximate surface area is 186 Å². The van der Waals surface area contributed by atoms with Gasteiger partial charge in [0.1, 0.15) is 12.1 Å². The van der Waals surface area contributed by atoms with Crippen LogP contribution in [0.2, 0.25) is 0 Å². The molecule has 4 fully saturated rings. The van der Waals surface area contributed by atoms with Crippen molar-refractivity contribution in [1.29, 1.82) is 5.26 Å². The van der Waals surface area contributed by atoms with Gasteiger partial charge in [-0.05, 0) is 107 Å². The van der Waals surface area contributed by atoms with Gasteiger partial charge in [0, 0.05) is 12.1 Å². The van der Waals surface area contributed by atoms with Crippen molar-refractivity contribution in [2.24, 2.45) is 40.9 Å². The number of aliphatic hydroxyl groups is 1. The molecule has 0 unspecified atom stereocenters. The molecule has 168 valence electrons. The van der Waals surface area contributed by atoms with E-state index in [-0.39, 0.29) is 17.4 Å². The van der Waals surface area contributed by atoms with Crippen LogP contribution in [0.25, 0.3) is 0 Å². The molecule has 4 aliphatic rings. The zero-order valence-electron chi connectivity index (χ0n) is 19.3. The van der Waals surface area contributed by atoms with E-state index in [1.54, 1.807) is 17.1 Å². The fraction of sp³-hybridized carbons (Fsp3) is 0.808. The summed E-state index contributed by atoms with van der Waals surface area (Å²) in [5.74, 6) is 4.09. The molecule has 0 amide bonds. The summed E-state index contributed by atoms with van der Waals surface area (Å²) in [5, 5.41) is 24.0. The number of hydrogen-bond donors (Lipinski definition) is 1. The van der Waals surface area contributed by atoms with Crippen LogP contribution in [0.5, 0.6) is 0 Å². The van der Waals surface area contributed by atoms with Gasteiger partial charge in [-0.1, -0.05) is 6.92 Å². The number of hydrogen-bond acceptors (Lipinski definition) is 4. The molecule has 5 nitrogen and oxygen atoms in total. The summed E-state index contributed by atoms with van der Waals surface area (Å²) in [7, 11) is 0. The number of nitriles is 1. The second kappa shape index (κ2) is 7.44. The Hall–Kier alpha value is -1.67. The minimum atomic E-state index is -0.462. The van der Waals surface area contributed by atoms with Crippen LogP contribution in [-0.4, -0.2) is 26.3 Å². The summed E-state index contributed by atoms with van der Waals surface area (Å²) in [6, 6.07) is 1.80. The lowest BCUT2D eigenvalue weighted by atomic mass is 9.49. The molecule has 0 saturated heterocycles. The first-order chi connectivity index (χ1) is 14.7. The molecular weight excluding hydrogens is 386 g/mol. The Balaban J connectivity index is 1.33. The molecule has 1 aromatic heterocycles. The quantitative estimate of drug-likeness (QED) is 0.749.